The third-order valence-electron chi connectivity index (χ3n) is 2.92. The summed E-state index contributed by atoms with van der Waals surface area (Å²) in [6.45, 7) is 3.66. The molecule has 1 aromatic carbocycles. The van der Waals surface area contributed by atoms with Crippen molar-refractivity contribution in [2.75, 3.05) is 0 Å². The van der Waals surface area contributed by atoms with Gasteiger partial charge in [-0.15, -0.1) is 0 Å². The van der Waals surface area contributed by atoms with Crippen molar-refractivity contribution < 1.29 is 4.39 Å². The fourth-order valence-electron chi connectivity index (χ4n) is 1.95. The largest absolute Gasteiger partial charge is 0.310 e. The van der Waals surface area contributed by atoms with Crippen LogP contribution in [0.2, 0.25) is 5.02 Å². The van der Waals surface area contributed by atoms with E-state index in [2.05, 4.69) is 26.7 Å². The van der Waals surface area contributed by atoms with E-state index < -0.39 is 0 Å². The SMILES string of the molecule is C=Nc1ncnc2c1ncn2Cc1c(F)cccc1Cl. The van der Waals surface area contributed by atoms with Crippen molar-refractivity contribution in [3.8, 4) is 0 Å². The predicted octanol–water partition coefficient (Wildman–Crippen LogP) is 3.00. The third-order valence-corrected chi connectivity index (χ3v) is 3.28. The van der Waals surface area contributed by atoms with E-state index in [1.54, 1.807) is 23.0 Å². The molecular weight excluding hydrogens is 281 g/mol. The van der Waals surface area contributed by atoms with Gasteiger partial charge in [0.05, 0.1) is 12.9 Å². The lowest BCUT2D eigenvalue weighted by Crippen LogP contribution is -2.02. The molecule has 0 saturated heterocycles. The van der Waals surface area contributed by atoms with Crippen LogP contribution in [0.4, 0.5) is 10.2 Å². The van der Waals surface area contributed by atoms with Crippen LogP contribution >= 0.6 is 11.6 Å². The van der Waals surface area contributed by atoms with Gasteiger partial charge in [0, 0.05) is 10.6 Å². The first kappa shape index (κ1) is 12.7. The minimum absolute atomic E-state index is 0.232. The van der Waals surface area contributed by atoms with Crippen LogP contribution in [0.3, 0.4) is 0 Å². The molecule has 7 heteroatoms. The van der Waals surface area contributed by atoms with Gasteiger partial charge in [-0.2, -0.15) is 0 Å². The smallest absolute Gasteiger partial charge is 0.182 e. The second kappa shape index (κ2) is 4.97. The highest BCUT2D eigenvalue weighted by Crippen LogP contribution is 2.23. The van der Waals surface area contributed by atoms with Crippen molar-refractivity contribution in [1.29, 1.82) is 0 Å². The summed E-state index contributed by atoms with van der Waals surface area (Å²) < 4.78 is 15.5. The minimum atomic E-state index is -0.365. The number of aliphatic imine (C=N–C) groups is 1. The Balaban J connectivity index is 2.10. The van der Waals surface area contributed by atoms with E-state index >= 15 is 0 Å². The number of benzene rings is 1. The summed E-state index contributed by atoms with van der Waals surface area (Å²) in [5.41, 5.74) is 1.47. The van der Waals surface area contributed by atoms with E-state index in [0.717, 1.165) is 0 Å². The Morgan fingerprint density at radius 2 is 2.15 bits per heavy atom. The Labute approximate surface area is 118 Å². The molecule has 0 aliphatic heterocycles. The molecule has 100 valence electrons. The molecule has 0 spiro atoms. The fraction of sp³-hybridized carbons (Fsp3) is 0.0769. The third kappa shape index (κ3) is 2.04. The number of fused-ring (bicyclic) bond motifs is 1. The summed E-state index contributed by atoms with van der Waals surface area (Å²) in [6.07, 6.45) is 2.92. The molecule has 0 fully saturated rings. The Morgan fingerprint density at radius 1 is 1.30 bits per heavy atom. The van der Waals surface area contributed by atoms with Crippen LogP contribution in [-0.4, -0.2) is 26.2 Å². The van der Waals surface area contributed by atoms with Crippen LogP contribution in [0.15, 0.2) is 35.8 Å². The van der Waals surface area contributed by atoms with Crippen molar-refractivity contribution in [3.05, 3.63) is 47.3 Å². The molecule has 0 unspecified atom stereocenters. The van der Waals surface area contributed by atoms with E-state index in [9.17, 15) is 4.39 Å². The van der Waals surface area contributed by atoms with Gasteiger partial charge in [0.15, 0.2) is 17.0 Å². The van der Waals surface area contributed by atoms with Crippen LogP contribution in [0, 0.1) is 5.82 Å². The fourth-order valence-corrected chi connectivity index (χ4v) is 2.18. The quantitative estimate of drug-likeness (QED) is 0.697. The number of aromatic nitrogens is 4. The molecule has 0 N–H and O–H groups in total. The van der Waals surface area contributed by atoms with E-state index in [1.165, 1.54) is 12.4 Å². The molecule has 0 radical (unpaired) electrons. The molecule has 2 aromatic heterocycles. The van der Waals surface area contributed by atoms with Gasteiger partial charge in [0.2, 0.25) is 0 Å². The summed E-state index contributed by atoms with van der Waals surface area (Å²) >= 11 is 6.02. The topological polar surface area (TPSA) is 56.0 Å². The average molecular weight is 290 g/mol. The van der Waals surface area contributed by atoms with Crippen LogP contribution in [0.5, 0.6) is 0 Å². The van der Waals surface area contributed by atoms with Gasteiger partial charge in [-0.05, 0) is 18.9 Å². The molecule has 0 saturated carbocycles. The van der Waals surface area contributed by atoms with Crippen molar-refractivity contribution in [3.63, 3.8) is 0 Å². The summed E-state index contributed by atoms with van der Waals surface area (Å²) in [7, 11) is 0. The molecule has 20 heavy (non-hydrogen) atoms. The van der Waals surface area contributed by atoms with Crippen molar-refractivity contribution in [2.45, 2.75) is 6.54 Å². The van der Waals surface area contributed by atoms with E-state index in [-0.39, 0.29) is 12.4 Å². The first-order valence-corrected chi connectivity index (χ1v) is 6.14. The molecule has 0 aliphatic rings. The molecule has 3 aromatic rings. The van der Waals surface area contributed by atoms with Crippen LogP contribution in [0.25, 0.3) is 11.2 Å². The highest BCUT2D eigenvalue weighted by molar-refractivity contribution is 6.31. The van der Waals surface area contributed by atoms with Crippen molar-refractivity contribution in [1.82, 2.24) is 19.5 Å². The Bertz CT molecular complexity index is 778. The average Bonchev–Trinajstić information content (AvgIpc) is 2.86. The monoisotopic (exact) mass is 289 g/mol. The number of hydrogen-bond donors (Lipinski definition) is 0. The van der Waals surface area contributed by atoms with E-state index in [4.69, 9.17) is 11.6 Å². The summed E-state index contributed by atoms with van der Waals surface area (Å²) in [4.78, 5) is 16.1. The molecule has 0 atom stereocenters. The maximum Gasteiger partial charge on any atom is 0.182 e. The summed E-state index contributed by atoms with van der Waals surface area (Å²) in [5.74, 6) is 0.0313. The highest BCUT2D eigenvalue weighted by atomic mass is 35.5. The Kier molecular flexibility index (Phi) is 3.15. The number of rotatable bonds is 3. The van der Waals surface area contributed by atoms with Gasteiger partial charge in [0.1, 0.15) is 12.1 Å². The molecule has 0 aliphatic carbocycles. The van der Waals surface area contributed by atoms with Crippen LogP contribution in [0.1, 0.15) is 5.56 Å². The lowest BCUT2D eigenvalue weighted by molar-refractivity contribution is 0.601. The van der Waals surface area contributed by atoms with E-state index in [1.807, 2.05) is 0 Å². The molecule has 5 nitrogen and oxygen atoms in total. The van der Waals surface area contributed by atoms with Gasteiger partial charge in [-0.3, -0.25) is 0 Å². The zero-order valence-electron chi connectivity index (χ0n) is 10.3. The van der Waals surface area contributed by atoms with Gasteiger partial charge in [0.25, 0.3) is 0 Å². The Morgan fingerprint density at radius 3 is 2.90 bits per heavy atom. The normalized spacial score (nSPS) is 10.9. The zero-order valence-corrected chi connectivity index (χ0v) is 11.0. The Hall–Kier alpha value is -2.34. The molecule has 2 heterocycles. The first-order valence-electron chi connectivity index (χ1n) is 5.76. The van der Waals surface area contributed by atoms with Crippen molar-refractivity contribution >= 4 is 35.3 Å². The molecule has 0 bridgehead atoms. The van der Waals surface area contributed by atoms with Crippen LogP contribution < -0.4 is 0 Å². The lowest BCUT2D eigenvalue weighted by atomic mass is 10.2. The maximum atomic E-state index is 13.8. The summed E-state index contributed by atoms with van der Waals surface area (Å²) in [6, 6.07) is 4.58. The molecule has 3 rings (SSSR count). The minimum Gasteiger partial charge on any atom is -0.310 e. The van der Waals surface area contributed by atoms with Gasteiger partial charge in [-0.1, -0.05) is 17.7 Å². The number of imidazole rings is 1. The van der Waals surface area contributed by atoms with Gasteiger partial charge < -0.3 is 4.57 Å². The number of hydrogen-bond acceptors (Lipinski definition) is 4. The zero-order chi connectivity index (χ0) is 14.1. The highest BCUT2D eigenvalue weighted by Gasteiger charge is 2.12. The van der Waals surface area contributed by atoms with Crippen molar-refractivity contribution in [2.24, 2.45) is 4.99 Å². The first-order chi connectivity index (χ1) is 9.70. The standard InChI is InChI=1S/C13H9ClFN5/c1-16-12-11-13(18-6-17-12)20(7-19-11)5-8-9(14)3-2-4-10(8)15/h2-4,6-7H,1,5H2. The number of nitrogens with zero attached hydrogens (tertiary/aromatic N) is 5. The van der Waals surface area contributed by atoms with Gasteiger partial charge >= 0.3 is 0 Å². The maximum absolute atomic E-state index is 13.8. The number of halogens is 2. The predicted molar refractivity (Wildman–Crippen MR) is 75.0 cm³/mol. The van der Waals surface area contributed by atoms with Crippen LogP contribution in [-0.2, 0) is 6.54 Å². The lowest BCUT2D eigenvalue weighted by Gasteiger charge is -2.07. The molecule has 0 amide bonds. The van der Waals surface area contributed by atoms with E-state index in [0.29, 0.717) is 27.6 Å². The second-order valence-corrected chi connectivity index (χ2v) is 4.51. The second-order valence-electron chi connectivity index (χ2n) is 4.10. The van der Waals surface area contributed by atoms with Gasteiger partial charge in [-0.25, -0.2) is 24.3 Å². The summed E-state index contributed by atoms with van der Waals surface area (Å²) in [5, 5.41) is 0.364. The molecular formula is C13H9ClFN5.